The van der Waals surface area contributed by atoms with Crippen molar-refractivity contribution in [1.29, 1.82) is 0 Å². The molecule has 0 saturated carbocycles. The highest BCUT2D eigenvalue weighted by molar-refractivity contribution is 4.96. The highest BCUT2D eigenvalue weighted by atomic mass is 16.7. The Morgan fingerprint density at radius 3 is 1.50 bits per heavy atom. The number of aliphatic hydroxyl groups is 11. The third kappa shape index (κ3) is 5.37. The lowest BCUT2D eigenvalue weighted by Gasteiger charge is -2.47. The van der Waals surface area contributed by atoms with E-state index in [0.717, 1.165) is 0 Å². The van der Waals surface area contributed by atoms with E-state index in [2.05, 4.69) is 0 Å². The molecule has 7 unspecified atom stereocenters. The van der Waals surface area contributed by atoms with Crippen LogP contribution < -0.4 is 0 Å². The van der Waals surface area contributed by atoms with Gasteiger partial charge in [-0.05, 0) is 0 Å². The average molecular weight is 504 g/mol. The molecule has 3 saturated heterocycles. The molecule has 16 heteroatoms. The molecule has 3 aliphatic heterocycles. The van der Waals surface area contributed by atoms with Gasteiger partial charge in [0, 0.05) is 0 Å². The Balaban J connectivity index is 1.78. The van der Waals surface area contributed by atoms with Crippen LogP contribution in [0.3, 0.4) is 0 Å². The van der Waals surface area contributed by atoms with E-state index in [4.69, 9.17) is 23.7 Å². The fraction of sp³-hybridized carbons (Fsp3) is 1.00. The number of aliphatic hydroxyl groups excluding tert-OH is 11. The largest absolute Gasteiger partial charge is 0.394 e. The van der Waals surface area contributed by atoms with Crippen LogP contribution in [0.5, 0.6) is 0 Å². The van der Waals surface area contributed by atoms with Gasteiger partial charge in [0.1, 0.15) is 73.2 Å². The van der Waals surface area contributed by atoms with Crippen molar-refractivity contribution in [2.75, 3.05) is 19.8 Å². The highest BCUT2D eigenvalue weighted by Crippen LogP contribution is 2.32. The van der Waals surface area contributed by atoms with Crippen LogP contribution in [0, 0.1) is 0 Å². The molecule has 3 aliphatic rings. The van der Waals surface area contributed by atoms with E-state index in [1.807, 2.05) is 0 Å². The van der Waals surface area contributed by atoms with Gasteiger partial charge in [-0.15, -0.1) is 0 Å². The Labute approximate surface area is 192 Å². The van der Waals surface area contributed by atoms with Crippen molar-refractivity contribution in [2.24, 2.45) is 0 Å². The predicted octanol–water partition coefficient (Wildman–Crippen LogP) is -7.57. The molecule has 11 N–H and O–H groups in total. The summed E-state index contributed by atoms with van der Waals surface area (Å²) in [7, 11) is 0. The molecule has 0 aliphatic carbocycles. The molecule has 3 fully saturated rings. The Hall–Kier alpha value is -0.640. The summed E-state index contributed by atoms with van der Waals surface area (Å²) in [6.07, 6.45) is -25.4. The van der Waals surface area contributed by atoms with Crippen molar-refractivity contribution < 1.29 is 79.9 Å². The molecule has 3 heterocycles. The molecule has 0 bridgehead atoms. The van der Waals surface area contributed by atoms with E-state index < -0.39 is 112 Å². The fourth-order valence-electron chi connectivity index (χ4n) is 4.05. The van der Waals surface area contributed by atoms with Gasteiger partial charge in [0.25, 0.3) is 0 Å². The van der Waals surface area contributed by atoms with Crippen molar-refractivity contribution in [1.82, 2.24) is 0 Å². The van der Waals surface area contributed by atoms with Crippen LogP contribution in [-0.4, -0.2) is 168 Å². The highest BCUT2D eigenvalue weighted by Gasteiger charge is 2.53. The van der Waals surface area contributed by atoms with Gasteiger partial charge in [0.05, 0.1) is 19.8 Å². The summed E-state index contributed by atoms with van der Waals surface area (Å²) < 4.78 is 26.4. The van der Waals surface area contributed by atoms with Crippen LogP contribution in [0.15, 0.2) is 0 Å². The van der Waals surface area contributed by atoms with Crippen LogP contribution in [-0.2, 0) is 23.7 Å². The number of hydrogen-bond donors (Lipinski definition) is 11. The smallest absolute Gasteiger partial charge is 0.187 e. The molecule has 3 rings (SSSR count). The Bertz CT molecular complexity index is 637. The summed E-state index contributed by atoms with van der Waals surface area (Å²) in [4.78, 5) is 0. The van der Waals surface area contributed by atoms with E-state index in [0.29, 0.717) is 0 Å². The SMILES string of the molecule is OCC1OC(O[C@@H]2C(O)[C@H](O[C@H]3C(CO)O[C@@H](O)C(O)[C@H]3O)OC(CO)[C@@H]2O)C(O)[C@@H](O)[C@H]1O. The van der Waals surface area contributed by atoms with Crippen molar-refractivity contribution in [2.45, 2.75) is 92.1 Å². The maximum Gasteiger partial charge on any atom is 0.187 e. The van der Waals surface area contributed by atoms with E-state index in [1.165, 1.54) is 0 Å². The molecular formula is C18H32O16. The first kappa shape index (κ1) is 27.9. The van der Waals surface area contributed by atoms with Gasteiger partial charge in [-0.3, -0.25) is 0 Å². The molecule has 0 aromatic rings. The van der Waals surface area contributed by atoms with Crippen LogP contribution >= 0.6 is 0 Å². The van der Waals surface area contributed by atoms with E-state index >= 15 is 0 Å². The van der Waals surface area contributed by atoms with E-state index in [1.54, 1.807) is 0 Å². The lowest BCUT2D eigenvalue weighted by Crippen LogP contribution is -2.66. The van der Waals surface area contributed by atoms with Gasteiger partial charge in [-0.2, -0.15) is 0 Å². The first-order valence-electron chi connectivity index (χ1n) is 10.6. The number of rotatable bonds is 7. The minimum Gasteiger partial charge on any atom is -0.394 e. The van der Waals surface area contributed by atoms with Gasteiger partial charge >= 0.3 is 0 Å². The van der Waals surface area contributed by atoms with Gasteiger partial charge in [0.2, 0.25) is 0 Å². The summed E-state index contributed by atoms with van der Waals surface area (Å²) in [6.45, 7) is -2.34. The molecule has 16 nitrogen and oxygen atoms in total. The topological polar surface area (TPSA) is 269 Å². The predicted molar refractivity (Wildman–Crippen MR) is 101 cm³/mol. The minimum absolute atomic E-state index is 0.759. The van der Waals surface area contributed by atoms with Gasteiger partial charge in [0.15, 0.2) is 18.9 Å². The van der Waals surface area contributed by atoms with Crippen molar-refractivity contribution >= 4 is 0 Å². The Kier molecular flexibility index (Phi) is 9.54. The van der Waals surface area contributed by atoms with Gasteiger partial charge < -0.3 is 79.9 Å². The lowest BCUT2D eigenvalue weighted by molar-refractivity contribution is -0.378. The van der Waals surface area contributed by atoms with Gasteiger partial charge in [-0.1, -0.05) is 0 Å². The monoisotopic (exact) mass is 504 g/mol. The zero-order chi connectivity index (χ0) is 25.3. The summed E-state index contributed by atoms with van der Waals surface area (Å²) >= 11 is 0. The van der Waals surface area contributed by atoms with E-state index in [9.17, 15) is 56.2 Å². The van der Waals surface area contributed by atoms with Crippen molar-refractivity contribution in [3.05, 3.63) is 0 Å². The fourth-order valence-corrected chi connectivity index (χ4v) is 4.05. The summed E-state index contributed by atoms with van der Waals surface area (Å²) in [5.74, 6) is 0. The first-order chi connectivity index (χ1) is 16.0. The molecule has 34 heavy (non-hydrogen) atoms. The molecular weight excluding hydrogens is 472 g/mol. The standard InChI is InChI=1S/C18H32O16/c19-1-4-7(22)9(24)12(27)17(31-4)34-15-8(23)5(2-20)32-18(13(15)28)33-14-6(3-21)30-16(29)11(26)10(14)25/h4-29H,1-3H2/t4?,5?,6?,7-,8-,9-,10+,11?,12?,13?,14-,15-,16+,17?,18-/m0/s1. The normalized spacial score (nSPS) is 52.5. The molecule has 0 spiro atoms. The van der Waals surface area contributed by atoms with Crippen LogP contribution in [0.1, 0.15) is 0 Å². The third-order valence-corrected chi connectivity index (χ3v) is 6.09. The molecule has 0 radical (unpaired) electrons. The molecule has 0 aromatic heterocycles. The molecule has 200 valence electrons. The van der Waals surface area contributed by atoms with E-state index in [-0.39, 0.29) is 0 Å². The van der Waals surface area contributed by atoms with Crippen LogP contribution in [0.4, 0.5) is 0 Å². The first-order valence-corrected chi connectivity index (χ1v) is 10.6. The van der Waals surface area contributed by atoms with Crippen LogP contribution in [0.25, 0.3) is 0 Å². The maximum atomic E-state index is 10.8. The van der Waals surface area contributed by atoms with Crippen molar-refractivity contribution in [3.8, 4) is 0 Å². The maximum absolute atomic E-state index is 10.8. The Morgan fingerprint density at radius 2 is 0.941 bits per heavy atom. The summed E-state index contributed by atoms with van der Waals surface area (Å²) in [5, 5.41) is 109. The second kappa shape index (κ2) is 11.6. The zero-order valence-corrected chi connectivity index (χ0v) is 17.7. The lowest BCUT2D eigenvalue weighted by atomic mass is 9.96. The van der Waals surface area contributed by atoms with Crippen LogP contribution in [0.2, 0.25) is 0 Å². The molecule has 0 aromatic carbocycles. The Morgan fingerprint density at radius 1 is 0.441 bits per heavy atom. The number of hydrogen-bond acceptors (Lipinski definition) is 16. The third-order valence-electron chi connectivity index (χ3n) is 6.09. The zero-order valence-electron chi connectivity index (χ0n) is 17.7. The summed E-state index contributed by atoms with van der Waals surface area (Å²) in [6, 6.07) is 0. The second-order valence-corrected chi connectivity index (χ2v) is 8.33. The number of ether oxygens (including phenoxy) is 5. The molecule has 0 amide bonds. The van der Waals surface area contributed by atoms with Crippen molar-refractivity contribution in [3.63, 3.8) is 0 Å². The minimum atomic E-state index is -1.90. The molecule has 15 atom stereocenters. The quantitative estimate of drug-likeness (QED) is 0.154. The average Bonchev–Trinajstić information content (AvgIpc) is 2.83. The summed E-state index contributed by atoms with van der Waals surface area (Å²) in [5.41, 5.74) is 0. The second-order valence-electron chi connectivity index (χ2n) is 8.33. The van der Waals surface area contributed by atoms with Gasteiger partial charge in [-0.25, -0.2) is 0 Å².